The number of aromatic nitrogens is 2. The van der Waals surface area contributed by atoms with Gasteiger partial charge in [-0.2, -0.15) is 0 Å². The monoisotopic (exact) mass is 281 g/mol. The molecular weight excluding hydrogens is 260 g/mol. The maximum Gasteiger partial charge on any atom is 0.161 e. The predicted molar refractivity (Wildman–Crippen MR) is 76.6 cm³/mol. The first-order chi connectivity index (χ1) is 9.62. The Morgan fingerprint density at radius 3 is 2.45 bits per heavy atom. The van der Waals surface area contributed by atoms with Gasteiger partial charge in [0.25, 0.3) is 0 Å². The molecule has 20 heavy (non-hydrogen) atoms. The topological polar surface area (TPSA) is 43.8 Å². The first-order valence-corrected chi connectivity index (χ1v) is 7.17. The van der Waals surface area contributed by atoms with E-state index in [1.165, 1.54) is 12.1 Å². The average Bonchev–Trinajstić information content (AvgIpc) is 2.76. The molecule has 0 spiro atoms. The quantitative estimate of drug-likeness (QED) is 0.879. The van der Waals surface area contributed by atoms with Crippen molar-refractivity contribution in [3.63, 3.8) is 0 Å². The summed E-state index contributed by atoms with van der Waals surface area (Å²) in [6.45, 7) is 5.44. The molecule has 0 aliphatic heterocycles. The number of aryl methyl sites for hydroxylation is 1. The van der Waals surface area contributed by atoms with Crippen LogP contribution in [0.25, 0.3) is 11.0 Å². The van der Waals surface area contributed by atoms with Gasteiger partial charge in [0.15, 0.2) is 11.6 Å². The molecule has 0 fully saturated rings. The molecule has 2 N–H and O–H groups in total. The summed E-state index contributed by atoms with van der Waals surface area (Å²) in [5.74, 6) is -0.477. The molecule has 1 aromatic heterocycles. The van der Waals surface area contributed by atoms with Crippen LogP contribution in [0.1, 0.15) is 44.9 Å². The van der Waals surface area contributed by atoms with Gasteiger partial charge in [0, 0.05) is 24.6 Å². The molecule has 2 rings (SSSR count). The average molecular weight is 281 g/mol. The van der Waals surface area contributed by atoms with Crippen molar-refractivity contribution in [2.75, 3.05) is 6.54 Å². The molecule has 1 heterocycles. The Kier molecular flexibility index (Phi) is 4.70. The lowest BCUT2D eigenvalue weighted by atomic mass is 10.0. The number of hydrogen-bond acceptors (Lipinski definition) is 2. The zero-order valence-corrected chi connectivity index (χ0v) is 12.0. The molecule has 0 unspecified atom stereocenters. The van der Waals surface area contributed by atoms with Crippen LogP contribution in [0.15, 0.2) is 12.1 Å². The van der Waals surface area contributed by atoms with Gasteiger partial charge >= 0.3 is 0 Å². The second kappa shape index (κ2) is 6.31. The van der Waals surface area contributed by atoms with Gasteiger partial charge in [-0.15, -0.1) is 0 Å². The summed E-state index contributed by atoms with van der Waals surface area (Å²) in [6.07, 6.45) is 2.69. The van der Waals surface area contributed by atoms with Gasteiger partial charge in [-0.25, -0.2) is 13.8 Å². The molecule has 0 amide bonds. The Hall–Kier alpha value is -1.49. The largest absolute Gasteiger partial charge is 0.330 e. The molecule has 0 atom stereocenters. The Labute approximate surface area is 117 Å². The molecule has 3 nitrogen and oxygen atoms in total. The summed E-state index contributed by atoms with van der Waals surface area (Å²) in [7, 11) is 0. The Morgan fingerprint density at radius 2 is 1.85 bits per heavy atom. The second-order valence-electron chi connectivity index (χ2n) is 5.03. The zero-order chi connectivity index (χ0) is 14.7. The Balaban J connectivity index is 2.59. The van der Waals surface area contributed by atoms with Crippen molar-refractivity contribution in [1.29, 1.82) is 0 Å². The maximum atomic E-state index is 13.5. The fraction of sp³-hybridized carbons (Fsp3) is 0.533. The third-order valence-electron chi connectivity index (χ3n) is 3.76. The first kappa shape index (κ1) is 14.9. The number of rotatable bonds is 6. The molecule has 0 saturated heterocycles. The van der Waals surface area contributed by atoms with Crippen LogP contribution >= 0.6 is 0 Å². The number of nitrogens with two attached hydrogens (primary N) is 1. The van der Waals surface area contributed by atoms with Gasteiger partial charge in [0.05, 0.1) is 11.0 Å². The van der Waals surface area contributed by atoms with Gasteiger partial charge in [0.1, 0.15) is 5.82 Å². The minimum atomic E-state index is -0.850. The van der Waals surface area contributed by atoms with E-state index in [0.29, 0.717) is 30.0 Å². The lowest BCUT2D eigenvalue weighted by Crippen LogP contribution is -2.11. The highest BCUT2D eigenvalue weighted by atomic mass is 19.2. The lowest BCUT2D eigenvalue weighted by molar-refractivity contribution is 0.509. The van der Waals surface area contributed by atoms with Crippen LogP contribution in [-0.4, -0.2) is 16.1 Å². The Morgan fingerprint density at radius 1 is 1.20 bits per heavy atom. The first-order valence-electron chi connectivity index (χ1n) is 7.17. The summed E-state index contributed by atoms with van der Waals surface area (Å²) >= 11 is 0. The van der Waals surface area contributed by atoms with Crippen LogP contribution in [0, 0.1) is 11.6 Å². The highest BCUT2D eigenvalue weighted by Crippen LogP contribution is 2.28. The van der Waals surface area contributed by atoms with E-state index in [4.69, 9.17) is 5.73 Å². The number of fused-ring (bicyclic) bond motifs is 1. The van der Waals surface area contributed by atoms with E-state index in [2.05, 4.69) is 18.8 Å². The van der Waals surface area contributed by atoms with Crippen LogP contribution in [0.2, 0.25) is 0 Å². The molecule has 0 bridgehead atoms. The van der Waals surface area contributed by atoms with Crippen LogP contribution in [-0.2, 0) is 6.54 Å². The summed E-state index contributed by atoms with van der Waals surface area (Å²) in [5.41, 5.74) is 6.74. The highest BCUT2D eigenvalue weighted by molar-refractivity contribution is 5.76. The van der Waals surface area contributed by atoms with Crippen molar-refractivity contribution in [2.24, 2.45) is 5.73 Å². The second-order valence-corrected chi connectivity index (χ2v) is 5.03. The van der Waals surface area contributed by atoms with Crippen LogP contribution < -0.4 is 5.73 Å². The van der Waals surface area contributed by atoms with Gasteiger partial charge in [-0.1, -0.05) is 13.8 Å². The number of hydrogen-bond donors (Lipinski definition) is 1. The minimum Gasteiger partial charge on any atom is -0.330 e. The van der Waals surface area contributed by atoms with E-state index in [-0.39, 0.29) is 0 Å². The van der Waals surface area contributed by atoms with Crippen molar-refractivity contribution >= 4 is 11.0 Å². The fourth-order valence-electron chi connectivity index (χ4n) is 2.59. The van der Waals surface area contributed by atoms with Crippen LogP contribution in [0.3, 0.4) is 0 Å². The van der Waals surface area contributed by atoms with E-state index in [1.54, 1.807) is 0 Å². The molecule has 110 valence electrons. The van der Waals surface area contributed by atoms with Crippen LogP contribution in [0.5, 0.6) is 0 Å². The summed E-state index contributed by atoms with van der Waals surface area (Å²) in [6, 6.07) is 2.41. The molecule has 1 aromatic carbocycles. The van der Waals surface area contributed by atoms with E-state index >= 15 is 0 Å². The number of imidazole rings is 1. The maximum absolute atomic E-state index is 13.5. The predicted octanol–water partition coefficient (Wildman–Crippen LogP) is 3.57. The number of nitrogens with zero attached hydrogens (tertiary/aromatic N) is 2. The highest BCUT2D eigenvalue weighted by Gasteiger charge is 2.19. The van der Waals surface area contributed by atoms with E-state index in [0.717, 1.165) is 25.1 Å². The van der Waals surface area contributed by atoms with Crippen molar-refractivity contribution in [3.05, 3.63) is 29.6 Å². The normalized spacial score (nSPS) is 11.7. The van der Waals surface area contributed by atoms with Crippen molar-refractivity contribution < 1.29 is 8.78 Å². The minimum absolute atomic E-state index is 0.297. The molecular formula is C15H21F2N3. The zero-order valence-electron chi connectivity index (χ0n) is 12.0. The lowest BCUT2D eigenvalue weighted by Gasteiger charge is -2.15. The van der Waals surface area contributed by atoms with Gasteiger partial charge in [0.2, 0.25) is 0 Å². The van der Waals surface area contributed by atoms with Gasteiger partial charge in [-0.05, 0) is 25.8 Å². The van der Waals surface area contributed by atoms with Gasteiger partial charge < -0.3 is 10.3 Å². The van der Waals surface area contributed by atoms with Crippen molar-refractivity contribution in [2.45, 2.75) is 45.6 Å². The van der Waals surface area contributed by atoms with Crippen molar-refractivity contribution in [3.8, 4) is 0 Å². The molecule has 0 aliphatic rings. The molecule has 0 saturated carbocycles. The molecule has 0 radical (unpaired) electrons. The fourth-order valence-corrected chi connectivity index (χ4v) is 2.59. The Bertz CT molecular complexity index is 588. The van der Waals surface area contributed by atoms with E-state index in [1.807, 2.05) is 4.57 Å². The van der Waals surface area contributed by atoms with E-state index < -0.39 is 11.6 Å². The van der Waals surface area contributed by atoms with E-state index in [9.17, 15) is 8.78 Å². The SMILES string of the molecule is CCC(CC)c1nc2cc(F)c(F)cc2n1CCCN. The molecule has 2 aromatic rings. The molecule has 0 aliphatic carbocycles. The van der Waals surface area contributed by atoms with Crippen molar-refractivity contribution in [1.82, 2.24) is 9.55 Å². The number of halogens is 2. The number of benzene rings is 1. The summed E-state index contributed by atoms with van der Waals surface area (Å²) in [4.78, 5) is 4.53. The third kappa shape index (κ3) is 2.68. The van der Waals surface area contributed by atoms with Gasteiger partial charge in [-0.3, -0.25) is 0 Å². The third-order valence-corrected chi connectivity index (χ3v) is 3.76. The molecule has 5 heteroatoms. The smallest absolute Gasteiger partial charge is 0.161 e. The standard InChI is InChI=1S/C15H21F2N3/c1-3-10(4-2)15-19-13-8-11(16)12(17)9-14(13)20(15)7-5-6-18/h8-10H,3-7,18H2,1-2H3. The summed E-state index contributed by atoms with van der Waals surface area (Å²) in [5, 5.41) is 0. The summed E-state index contributed by atoms with van der Waals surface area (Å²) < 4.78 is 28.8. The van der Waals surface area contributed by atoms with Crippen LogP contribution in [0.4, 0.5) is 8.78 Å².